The minimum Gasteiger partial charge on any atom is -0.399 e. The predicted molar refractivity (Wildman–Crippen MR) is 87.6 cm³/mol. The van der Waals surface area contributed by atoms with Gasteiger partial charge in [0.25, 0.3) is 0 Å². The Kier molecular flexibility index (Phi) is 3.18. The number of aromatic nitrogens is 2. The number of aryl methyl sites for hydroxylation is 1. The van der Waals surface area contributed by atoms with E-state index < -0.39 is 0 Å². The first-order chi connectivity index (χ1) is 9.20. The molecule has 0 amide bonds. The molecule has 0 aliphatic rings. The van der Waals surface area contributed by atoms with Gasteiger partial charge >= 0.3 is 0 Å². The van der Waals surface area contributed by atoms with Crippen molar-refractivity contribution in [3.63, 3.8) is 0 Å². The molecule has 0 atom stereocenters. The second kappa shape index (κ2) is 4.85. The highest BCUT2D eigenvalue weighted by molar-refractivity contribution is 14.1. The van der Waals surface area contributed by atoms with Crippen LogP contribution in [-0.4, -0.2) is 9.55 Å². The molecule has 2 aromatic carbocycles. The van der Waals surface area contributed by atoms with E-state index in [1.165, 1.54) is 9.26 Å². The maximum absolute atomic E-state index is 5.84. The molecule has 0 fully saturated rings. The number of para-hydroxylation sites is 1. The first-order valence-corrected chi connectivity index (χ1v) is 7.30. The van der Waals surface area contributed by atoms with Gasteiger partial charge in [-0.15, -0.1) is 0 Å². The summed E-state index contributed by atoms with van der Waals surface area (Å²) in [6, 6.07) is 14.2. The predicted octanol–water partition coefficient (Wildman–Crippen LogP) is 3.77. The topological polar surface area (TPSA) is 43.8 Å². The molecule has 3 nitrogen and oxygen atoms in total. The van der Waals surface area contributed by atoms with Gasteiger partial charge in [0.1, 0.15) is 5.82 Å². The van der Waals surface area contributed by atoms with Gasteiger partial charge in [-0.2, -0.15) is 0 Å². The van der Waals surface area contributed by atoms with Crippen LogP contribution in [0.25, 0.3) is 16.7 Å². The number of anilines is 1. The molecule has 0 saturated heterocycles. The van der Waals surface area contributed by atoms with Crippen molar-refractivity contribution in [3.8, 4) is 5.69 Å². The molecule has 0 bridgehead atoms. The lowest BCUT2D eigenvalue weighted by atomic mass is 10.2. The van der Waals surface area contributed by atoms with Crippen LogP contribution < -0.4 is 5.73 Å². The van der Waals surface area contributed by atoms with E-state index in [-0.39, 0.29) is 0 Å². The number of imidazole rings is 1. The van der Waals surface area contributed by atoms with Gasteiger partial charge in [0.15, 0.2) is 0 Å². The number of halogens is 1. The van der Waals surface area contributed by atoms with Crippen LogP contribution in [0.15, 0.2) is 42.5 Å². The minimum atomic E-state index is 0.752. The zero-order chi connectivity index (χ0) is 13.4. The van der Waals surface area contributed by atoms with Crippen molar-refractivity contribution in [2.24, 2.45) is 0 Å². The zero-order valence-corrected chi connectivity index (χ0v) is 12.8. The quantitative estimate of drug-likeness (QED) is 0.556. The van der Waals surface area contributed by atoms with Crippen LogP contribution in [0, 0.1) is 3.57 Å². The van der Waals surface area contributed by atoms with Crippen LogP contribution in [0.5, 0.6) is 0 Å². The molecular formula is C15H14IN3. The minimum absolute atomic E-state index is 0.752. The van der Waals surface area contributed by atoms with E-state index in [9.17, 15) is 0 Å². The number of nitrogens with two attached hydrogens (primary N) is 1. The van der Waals surface area contributed by atoms with Crippen LogP contribution in [0.2, 0.25) is 0 Å². The van der Waals surface area contributed by atoms with Crippen LogP contribution in [-0.2, 0) is 6.42 Å². The Morgan fingerprint density at radius 2 is 2.00 bits per heavy atom. The Bertz CT molecular complexity index is 746. The maximum Gasteiger partial charge on any atom is 0.114 e. The largest absolute Gasteiger partial charge is 0.399 e. The first-order valence-electron chi connectivity index (χ1n) is 6.22. The molecule has 0 saturated carbocycles. The van der Waals surface area contributed by atoms with Gasteiger partial charge in [-0.05, 0) is 52.9 Å². The highest BCUT2D eigenvalue weighted by atomic mass is 127. The van der Waals surface area contributed by atoms with E-state index in [1.54, 1.807) is 0 Å². The van der Waals surface area contributed by atoms with Crippen molar-refractivity contribution in [1.82, 2.24) is 9.55 Å². The average molecular weight is 363 g/mol. The Morgan fingerprint density at radius 3 is 2.74 bits per heavy atom. The Hall–Kier alpha value is -1.56. The van der Waals surface area contributed by atoms with Crippen LogP contribution in [0.3, 0.4) is 0 Å². The molecule has 96 valence electrons. The third kappa shape index (κ3) is 2.10. The van der Waals surface area contributed by atoms with E-state index in [0.29, 0.717) is 0 Å². The van der Waals surface area contributed by atoms with Crippen LogP contribution in [0.4, 0.5) is 5.69 Å². The van der Waals surface area contributed by atoms with E-state index in [4.69, 9.17) is 5.73 Å². The number of hydrogen-bond donors (Lipinski definition) is 1. The fourth-order valence-electron chi connectivity index (χ4n) is 2.29. The number of nitrogen functional groups attached to an aromatic ring is 1. The van der Waals surface area contributed by atoms with Crippen molar-refractivity contribution >= 4 is 39.3 Å². The van der Waals surface area contributed by atoms with Crippen molar-refractivity contribution in [1.29, 1.82) is 0 Å². The monoisotopic (exact) mass is 363 g/mol. The Balaban J connectivity index is 2.36. The van der Waals surface area contributed by atoms with Gasteiger partial charge in [-0.1, -0.05) is 19.1 Å². The Labute approximate surface area is 125 Å². The van der Waals surface area contributed by atoms with Gasteiger partial charge in [0.05, 0.1) is 16.7 Å². The van der Waals surface area contributed by atoms with E-state index in [1.807, 2.05) is 24.3 Å². The number of rotatable bonds is 2. The van der Waals surface area contributed by atoms with Gasteiger partial charge in [-0.3, -0.25) is 4.57 Å². The third-order valence-electron chi connectivity index (χ3n) is 3.16. The van der Waals surface area contributed by atoms with Crippen molar-refractivity contribution in [2.75, 3.05) is 5.73 Å². The second-order valence-corrected chi connectivity index (χ2v) is 5.58. The molecule has 4 heteroatoms. The summed E-state index contributed by atoms with van der Waals surface area (Å²) in [5, 5.41) is 0. The molecule has 2 N–H and O–H groups in total. The molecule has 1 heterocycles. The molecule has 0 aliphatic heterocycles. The van der Waals surface area contributed by atoms with Crippen molar-refractivity contribution in [2.45, 2.75) is 13.3 Å². The lowest BCUT2D eigenvalue weighted by Gasteiger charge is -2.10. The van der Waals surface area contributed by atoms with Gasteiger partial charge in [0, 0.05) is 15.7 Å². The fourth-order valence-corrected chi connectivity index (χ4v) is 2.91. The fraction of sp³-hybridized carbons (Fsp3) is 0.133. The summed E-state index contributed by atoms with van der Waals surface area (Å²) in [6.45, 7) is 2.12. The van der Waals surface area contributed by atoms with Gasteiger partial charge in [-0.25, -0.2) is 4.98 Å². The Morgan fingerprint density at radius 1 is 1.21 bits per heavy atom. The summed E-state index contributed by atoms with van der Waals surface area (Å²) in [5.74, 6) is 1.06. The normalized spacial score (nSPS) is 11.1. The summed E-state index contributed by atoms with van der Waals surface area (Å²) in [7, 11) is 0. The number of hydrogen-bond acceptors (Lipinski definition) is 2. The van der Waals surface area contributed by atoms with E-state index in [0.717, 1.165) is 29.0 Å². The summed E-state index contributed by atoms with van der Waals surface area (Å²) < 4.78 is 3.43. The maximum atomic E-state index is 5.84. The molecule has 0 aliphatic carbocycles. The summed E-state index contributed by atoms with van der Waals surface area (Å²) in [4.78, 5) is 4.69. The second-order valence-electron chi connectivity index (χ2n) is 4.42. The zero-order valence-electron chi connectivity index (χ0n) is 10.6. The summed E-state index contributed by atoms with van der Waals surface area (Å²) >= 11 is 2.36. The molecule has 1 aromatic heterocycles. The van der Waals surface area contributed by atoms with E-state index >= 15 is 0 Å². The SMILES string of the molecule is CCc1nc2cc(N)ccc2n1-c1ccccc1I. The number of nitrogens with zero attached hydrogens (tertiary/aromatic N) is 2. The standard InChI is InChI=1S/C15H14IN3/c1-2-15-18-12-9-10(17)7-8-14(12)19(15)13-6-4-3-5-11(13)16/h3-9H,2,17H2,1H3. The van der Waals surface area contributed by atoms with Crippen molar-refractivity contribution < 1.29 is 0 Å². The highest BCUT2D eigenvalue weighted by Gasteiger charge is 2.12. The summed E-state index contributed by atoms with van der Waals surface area (Å²) in [5.41, 5.74) is 9.83. The highest BCUT2D eigenvalue weighted by Crippen LogP contribution is 2.26. The number of benzene rings is 2. The molecule has 0 unspecified atom stereocenters. The molecule has 19 heavy (non-hydrogen) atoms. The van der Waals surface area contributed by atoms with Gasteiger partial charge in [0.2, 0.25) is 0 Å². The first kappa shape index (κ1) is 12.5. The molecule has 3 aromatic rings. The van der Waals surface area contributed by atoms with Crippen LogP contribution >= 0.6 is 22.6 Å². The van der Waals surface area contributed by atoms with Gasteiger partial charge < -0.3 is 5.73 Å². The number of fused-ring (bicyclic) bond motifs is 1. The third-order valence-corrected chi connectivity index (χ3v) is 4.07. The molecular weight excluding hydrogens is 349 g/mol. The van der Waals surface area contributed by atoms with E-state index in [2.05, 4.69) is 57.3 Å². The summed E-state index contributed by atoms with van der Waals surface area (Å²) in [6.07, 6.45) is 0.888. The van der Waals surface area contributed by atoms with Crippen LogP contribution in [0.1, 0.15) is 12.7 Å². The lowest BCUT2D eigenvalue weighted by molar-refractivity contribution is 0.905. The lowest BCUT2D eigenvalue weighted by Crippen LogP contribution is -2.01. The molecule has 0 radical (unpaired) electrons. The molecule has 3 rings (SSSR count). The average Bonchev–Trinajstić information content (AvgIpc) is 2.76. The van der Waals surface area contributed by atoms with Crippen molar-refractivity contribution in [3.05, 3.63) is 51.9 Å². The smallest absolute Gasteiger partial charge is 0.114 e. The molecule has 0 spiro atoms.